The van der Waals surface area contributed by atoms with E-state index in [0.29, 0.717) is 6.42 Å². The van der Waals surface area contributed by atoms with Gasteiger partial charge < -0.3 is 10.5 Å². The van der Waals surface area contributed by atoms with Crippen LogP contribution in [0, 0.1) is 0 Å². The molecular weight excluding hydrogens is 226 g/mol. The second kappa shape index (κ2) is 4.18. The zero-order valence-corrected chi connectivity index (χ0v) is 9.80. The molecule has 3 nitrogen and oxygen atoms in total. The lowest BCUT2D eigenvalue weighted by atomic mass is 9.85. The third-order valence-corrected chi connectivity index (χ3v) is 3.21. The number of primary amides is 1. The normalized spacial score (nSPS) is 13.3. The van der Waals surface area contributed by atoms with Gasteiger partial charge in [0.1, 0.15) is 11.5 Å². The first kappa shape index (κ1) is 10.8. The van der Waals surface area contributed by atoms with Gasteiger partial charge in [-0.3, -0.25) is 4.79 Å². The maximum absolute atomic E-state index is 11.3. The summed E-state index contributed by atoms with van der Waals surface area (Å²) >= 11 is 0. The van der Waals surface area contributed by atoms with Gasteiger partial charge in [0.15, 0.2) is 0 Å². The van der Waals surface area contributed by atoms with Gasteiger partial charge in [0, 0.05) is 23.5 Å². The molecule has 0 fully saturated rings. The van der Waals surface area contributed by atoms with Crippen LogP contribution in [0.4, 0.5) is 0 Å². The van der Waals surface area contributed by atoms with Crippen LogP contribution in [0.2, 0.25) is 0 Å². The lowest BCUT2D eigenvalue weighted by Gasteiger charge is -2.27. The van der Waals surface area contributed by atoms with E-state index in [9.17, 15) is 4.79 Å². The summed E-state index contributed by atoms with van der Waals surface area (Å²) in [4.78, 5) is 11.3. The van der Waals surface area contributed by atoms with Gasteiger partial charge in [-0.15, -0.1) is 0 Å². The number of amides is 1. The Morgan fingerprint density at radius 1 is 1.00 bits per heavy atom. The van der Waals surface area contributed by atoms with Crippen LogP contribution in [0.5, 0.6) is 11.5 Å². The summed E-state index contributed by atoms with van der Waals surface area (Å²) < 4.78 is 5.84. The first-order valence-electron chi connectivity index (χ1n) is 5.89. The molecule has 0 unspecified atom stereocenters. The molecule has 90 valence electrons. The molecule has 0 spiro atoms. The van der Waals surface area contributed by atoms with E-state index in [0.717, 1.165) is 22.6 Å². The highest BCUT2D eigenvalue weighted by Crippen LogP contribution is 2.45. The van der Waals surface area contributed by atoms with E-state index in [2.05, 4.69) is 0 Å². The molecule has 1 amide bonds. The van der Waals surface area contributed by atoms with Crippen LogP contribution in [0.1, 0.15) is 23.5 Å². The number of para-hydroxylation sites is 2. The molecule has 3 rings (SSSR count). The van der Waals surface area contributed by atoms with Gasteiger partial charge in [0.2, 0.25) is 5.91 Å². The van der Waals surface area contributed by atoms with Crippen molar-refractivity contribution in [3.05, 3.63) is 59.7 Å². The van der Waals surface area contributed by atoms with Gasteiger partial charge in [-0.2, -0.15) is 0 Å². The van der Waals surface area contributed by atoms with E-state index in [4.69, 9.17) is 10.5 Å². The predicted molar refractivity (Wildman–Crippen MR) is 68.6 cm³/mol. The quantitative estimate of drug-likeness (QED) is 0.876. The van der Waals surface area contributed by atoms with Gasteiger partial charge in [-0.05, 0) is 12.1 Å². The largest absolute Gasteiger partial charge is 0.457 e. The summed E-state index contributed by atoms with van der Waals surface area (Å²) in [6.07, 6.45) is 0.303. The zero-order valence-electron chi connectivity index (χ0n) is 9.80. The Kier molecular flexibility index (Phi) is 2.52. The minimum Gasteiger partial charge on any atom is -0.457 e. The predicted octanol–water partition coefficient (Wildman–Crippen LogP) is 2.80. The van der Waals surface area contributed by atoms with Crippen molar-refractivity contribution in [3.63, 3.8) is 0 Å². The summed E-state index contributed by atoms with van der Waals surface area (Å²) in [6, 6.07) is 15.5. The monoisotopic (exact) mass is 239 g/mol. The fraction of sp³-hybridized carbons (Fsp3) is 0.133. The van der Waals surface area contributed by atoms with Crippen LogP contribution in [-0.4, -0.2) is 5.91 Å². The number of fused-ring (bicyclic) bond motifs is 2. The van der Waals surface area contributed by atoms with E-state index in [1.165, 1.54) is 0 Å². The number of hydrogen-bond donors (Lipinski definition) is 1. The molecular formula is C15H13NO2. The van der Waals surface area contributed by atoms with Crippen LogP contribution in [-0.2, 0) is 4.79 Å². The van der Waals surface area contributed by atoms with Crippen molar-refractivity contribution in [3.8, 4) is 11.5 Å². The first-order chi connectivity index (χ1) is 8.75. The van der Waals surface area contributed by atoms with Gasteiger partial charge in [-0.25, -0.2) is 0 Å². The Bertz CT molecular complexity index is 561. The fourth-order valence-electron chi connectivity index (χ4n) is 2.43. The Morgan fingerprint density at radius 2 is 1.50 bits per heavy atom. The number of nitrogens with two attached hydrogens (primary N) is 1. The molecule has 18 heavy (non-hydrogen) atoms. The van der Waals surface area contributed by atoms with Crippen molar-refractivity contribution >= 4 is 5.91 Å². The van der Waals surface area contributed by atoms with Gasteiger partial charge in [0.25, 0.3) is 0 Å². The number of carbonyl (C=O) groups is 1. The number of carbonyl (C=O) groups excluding carboxylic acids is 1. The Labute approximate surface area is 105 Å². The van der Waals surface area contributed by atoms with Crippen molar-refractivity contribution in [1.82, 2.24) is 0 Å². The molecule has 0 saturated carbocycles. The van der Waals surface area contributed by atoms with Crippen molar-refractivity contribution in [2.75, 3.05) is 0 Å². The molecule has 0 aromatic heterocycles. The Morgan fingerprint density at radius 3 is 2.00 bits per heavy atom. The summed E-state index contributed by atoms with van der Waals surface area (Å²) in [5, 5.41) is 0. The summed E-state index contributed by atoms with van der Waals surface area (Å²) in [5.41, 5.74) is 7.40. The highest BCUT2D eigenvalue weighted by atomic mass is 16.5. The molecule has 2 N–H and O–H groups in total. The van der Waals surface area contributed by atoms with Crippen molar-refractivity contribution in [2.24, 2.45) is 5.73 Å². The first-order valence-corrected chi connectivity index (χ1v) is 5.89. The van der Waals surface area contributed by atoms with Crippen LogP contribution in [0.3, 0.4) is 0 Å². The van der Waals surface area contributed by atoms with Gasteiger partial charge in [0.05, 0.1) is 0 Å². The van der Waals surface area contributed by atoms with Crippen LogP contribution in [0.15, 0.2) is 48.5 Å². The molecule has 2 aromatic rings. The summed E-state index contributed by atoms with van der Waals surface area (Å²) in [6.45, 7) is 0. The molecule has 1 aliphatic rings. The van der Waals surface area contributed by atoms with Crippen LogP contribution in [0.25, 0.3) is 0 Å². The van der Waals surface area contributed by atoms with E-state index in [-0.39, 0.29) is 11.8 Å². The minimum atomic E-state index is -0.300. The third-order valence-electron chi connectivity index (χ3n) is 3.21. The molecule has 0 aliphatic carbocycles. The molecule has 0 bridgehead atoms. The van der Waals surface area contributed by atoms with Gasteiger partial charge in [-0.1, -0.05) is 36.4 Å². The second-order valence-corrected chi connectivity index (χ2v) is 4.40. The van der Waals surface area contributed by atoms with E-state index in [1.54, 1.807) is 0 Å². The van der Waals surface area contributed by atoms with Crippen molar-refractivity contribution in [1.29, 1.82) is 0 Å². The smallest absolute Gasteiger partial charge is 0.218 e. The van der Waals surface area contributed by atoms with Crippen LogP contribution >= 0.6 is 0 Å². The molecule has 0 saturated heterocycles. The maximum Gasteiger partial charge on any atom is 0.218 e. The lowest BCUT2D eigenvalue weighted by Crippen LogP contribution is -2.19. The average Bonchev–Trinajstić information content (AvgIpc) is 2.38. The summed E-state index contributed by atoms with van der Waals surface area (Å²) in [7, 11) is 0. The number of ether oxygens (including phenoxy) is 1. The highest BCUT2D eigenvalue weighted by molar-refractivity contribution is 5.76. The highest BCUT2D eigenvalue weighted by Gasteiger charge is 2.27. The number of hydrogen-bond acceptors (Lipinski definition) is 2. The number of rotatable bonds is 2. The molecule has 3 heteroatoms. The Balaban J connectivity index is 2.14. The third kappa shape index (κ3) is 1.74. The van der Waals surface area contributed by atoms with E-state index in [1.807, 2.05) is 48.5 Å². The molecule has 1 aliphatic heterocycles. The average molecular weight is 239 g/mol. The zero-order chi connectivity index (χ0) is 12.5. The summed E-state index contributed by atoms with van der Waals surface area (Å²) in [5.74, 6) is 1.31. The second-order valence-electron chi connectivity index (χ2n) is 4.40. The lowest BCUT2D eigenvalue weighted by molar-refractivity contribution is -0.118. The number of benzene rings is 2. The molecule has 1 heterocycles. The molecule has 2 aromatic carbocycles. The van der Waals surface area contributed by atoms with Gasteiger partial charge >= 0.3 is 0 Å². The van der Waals surface area contributed by atoms with Crippen molar-refractivity contribution < 1.29 is 9.53 Å². The standard InChI is InChI=1S/C15H13NO2/c16-15(17)9-12-10-5-1-3-7-13(10)18-14-8-4-2-6-11(12)14/h1-8,12H,9H2,(H2,16,17). The van der Waals surface area contributed by atoms with E-state index < -0.39 is 0 Å². The maximum atomic E-state index is 11.3. The van der Waals surface area contributed by atoms with E-state index >= 15 is 0 Å². The topological polar surface area (TPSA) is 52.3 Å². The molecule has 0 atom stereocenters. The SMILES string of the molecule is NC(=O)CC1c2ccccc2Oc2ccccc21. The van der Waals surface area contributed by atoms with Crippen LogP contribution < -0.4 is 10.5 Å². The molecule has 0 radical (unpaired) electrons. The van der Waals surface area contributed by atoms with Crippen molar-refractivity contribution in [2.45, 2.75) is 12.3 Å². The minimum absolute atomic E-state index is 0.0105. The fourth-order valence-corrected chi connectivity index (χ4v) is 2.43. The Hall–Kier alpha value is -2.29.